The number of aliphatic carboxylic acids is 1. The van der Waals surface area contributed by atoms with E-state index in [1.807, 2.05) is 20.8 Å². The van der Waals surface area contributed by atoms with E-state index < -0.39 is 12.0 Å². The Balaban J connectivity index is 2.69. The van der Waals surface area contributed by atoms with E-state index in [0.29, 0.717) is 0 Å². The third-order valence-electron chi connectivity index (χ3n) is 3.56. The molecular weight excluding hydrogens is 234 g/mol. The summed E-state index contributed by atoms with van der Waals surface area (Å²) < 4.78 is 5.58. The van der Waals surface area contributed by atoms with Gasteiger partial charge in [-0.25, -0.2) is 4.79 Å². The normalized spacial score (nSPS) is 32.8. The molecule has 1 heterocycles. The molecule has 0 spiro atoms. The highest BCUT2D eigenvalue weighted by molar-refractivity contribution is 5.85. The van der Waals surface area contributed by atoms with Gasteiger partial charge in [0.15, 0.2) is 0 Å². The number of hydrogen-bond donors (Lipinski definition) is 2. The van der Waals surface area contributed by atoms with Crippen molar-refractivity contribution in [1.29, 1.82) is 0 Å². The molecule has 0 aliphatic carbocycles. The van der Waals surface area contributed by atoms with Gasteiger partial charge in [-0.05, 0) is 26.2 Å². The van der Waals surface area contributed by atoms with Crippen molar-refractivity contribution in [2.75, 3.05) is 0 Å². The molecule has 0 aromatic carbocycles. The van der Waals surface area contributed by atoms with Gasteiger partial charge in [-0.15, -0.1) is 6.58 Å². The van der Waals surface area contributed by atoms with Crippen LogP contribution in [0.25, 0.3) is 0 Å². The molecule has 5 unspecified atom stereocenters. The minimum Gasteiger partial charge on any atom is -0.480 e. The lowest BCUT2D eigenvalue weighted by Crippen LogP contribution is -2.46. The van der Waals surface area contributed by atoms with Gasteiger partial charge in [0.2, 0.25) is 5.91 Å². The maximum Gasteiger partial charge on any atom is 0.326 e. The fraction of sp³-hybridized carbons (Fsp3) is 0.692. The zero-order valence-corrected chi connectivity index (χ0v) is 11.1. The number of carbonyl (C=O) groups is 2. The summed E-state index contributed by atoms with van der Waals surface area (Å²) in [7, 11) is 0. The molecule has 0 radical (unpaired) electrons. The number of nitrogens with one attached hydrogen (secondary N) is 1. The van der Waals surface area contributed by atoms with Crippen molar-refractivity contribution in [3.63, 3.8) is 0 Å². The number of carboxylic acids is 1. The van der Waals surface area contributed by atoms with Crippen molar-refractivity contribution < 1.29 is 19.4 Å². The van der Waals surface area contributed by atoms with Gasteiger partial charge in [-0.3, -0.25) is 4.79 Å². The van der Waals surface area contributed by atoms with Crippen molar-refractivity contribution >= 4 is 11.9 Å². The highest BCUT2D eigenvalue weighted by Gasteiger charge is 2.42. The van der Waals surface area contributed by atoms with Crippen molar-refractivity contribution in [3.05, 3.63) is 12.7 Å². The van der Waals surface area contributed by atoms with Gasteiger partial charge in [-0.2, -0.15) is 0 Å². The van der Waals surface area contributed by atoms with Gasteiger partial charge in [0.25, 0.3) is 0 Å². The van der Waals surface area contributed by atoms with Crippen molar-refractivity contribution in [1.82, 2.24) is 5.32 Å². The number of rotatable bonds is 5. The minimum atomic E-state index is -1.05. The van der Waals surface area contributed by atoms with Crippen LogP contribution in [0.3, 0.4) is 0 Å². The van der Waals surface area contributed by atoms with E-state index in [4.69, 9.17) is 9.84 Å². The zero-order valence-electron chi connectivity index (χ0n) is 11.1. The molecule has 102 valence electrons. The fourth-order valence-electron chi connectivity index (χ4n) is 2.37. The SMILES string of the molecule is C=CCC(NC(=O)C1C(C)OC(C)C1C)C(=O)O. The molecule has 1 rings (SSSR count). The summed E-state index contributed by atoms with van der Waals surface area (Å²) >= 11 is 0. The first kappa shape index (κ1) is 14.7. The molecule has 1 amide bonds. The Morgan fingerprint density at radius 2 is 2.00 bits per heavy atom. The highest BCUT2D eigenvalue weighted by Crippen LogP contribution is 2.32. The first-order chi connectivity index (χ1) is 8.38. The molecule has 5 nitrogen and oxygen atoms in total. The van der Waals surface area contributed by atoms with E-state index in [2.05, 4.69) is 11.9 Å². The lowest BCUT2D eigenvalue weighted by atomic mass is 9.88. The maximum absolute atomic E-state index is 12.1. The Morgan fingerprint density at radius 1 is 1.39 bits per heavy atom. The fourth-order valence-corrected chi connectivity index (χ4v) is 2.37. The predicted molar refractivity (Wildman–Crippen MR) is 67.0 cm³/mol. The van der Waals surface area contributed by atoms with Crippen LogP contribution in [0.5, 0.6) is 0 Å². The van der Waals surface area contributed by atoms with E-state index in [9.17, 15) is 9.59 Å². The topological polar surface area (TPSA) is 75.6 Å². The predicted octanol–water partition coefficient (Wildman–Crippen LogP) is 1.19. The van der Waals surface area contributed by atoms with Gasteiger partial charge >= 0.3 is 5.97 Å². The van der Waals surface area contributed by atoms with Gasteiger partial charge in [0.05, 0.1) is 18.1 Å². The maximum atomic E-state index is 12.1. The molecule has 2 N–H and O–H groups in total. The second kappa shape index (κ2) is 6.00. The van der Waals surface area contributed by atoms with Crippen LogP contribution >= 0.6 is 0 Å². The van der Waals surface area contributed by atoms with Crippen LogP contribution in [-0.4, -0.2) is 35.2 Å². The summed E-state index contributed by atoms with van der Waals surface area (Å²) in [6.45, 7) is 9.20. The Labute approximate surface area is 107 Å². The Bertz CT molecular complexity index is 342. The van der Waals surface area contributed by atoms with Crippen LogP contribution in [0.2, 0.25) is 0 Å². The average Bonchev–Trinajstić information content (AvgIpc) is 2.52. The van der Waals surface area contributed by atoms with Gasteiger partial charge in [0, 0.05) is 0 Å². The smallest absolute Gasteiger partial charge is 0.326 e. The van der Waals surface area contributed by atoms with E-state index in [1.165, 1.54) is 6.08 Å². The van der Waals surface area contributed by atoms with Crippen LogP contribution < -0.4 is 5.32 Å². The third kappa shape index (κ3) is 3.10. The van der Waals surface area contributed by atoms with Crippen LogP contribution in [0, 0.1) is 11.8 Å². The average molecular weight is 255 g/mol. The van der Waals surface area contributed by atoms with Crippen LogP contribution in [0.1, 0.15) is 27.2 Å². The number of amides is 1. The lowest BCUT2D eigenvalue weighted by Gasteiger charge is -2.20. The largest absolute Gasteiger partial charge is 0.480 e. The van der Waals surface area contributed by atoms with E-state index >= 15 is 0 Å². The molecule has 0 saturated carbocycles. The molecular formula is C13H21NO4. The first-order valence-electron chi connectivity index (χ1n) is 6.18. The van der Waals surface area contributed by atoms with E-state index in [0.717, 1.165) is 0 Å². The zero-order chi connectivity index (χ0) is 13.9. The molecule has 5 atom stereocenters. The molecule has 1 aliphatic rings. The number of ether oxygens (including phenoxy) is 1. The summed E-state index contributed by atoms with van der Waals surface area (Å²) in [4.78, 5) is 23.1. The number of carbonyl (C=O) groups excluding carboxylic acids is 1. The quantitative estimate of drug-likeness (QED) is 0.724. The summed E-state index contributed by atoms with van der Waals surface area (Å²) in [6.07, 6.45) is 1.53. The number of carboxylic acid groups (broad SMARTS) is 1. The van der Waals surface area contributed by atoms with Crippen molar-refractivity contribution in [2.24, 2.45) is 11.8 Å². The first-order valence-corrected chi connectivity index (χ1v) is 6.18. The molecule has 5 heteroatoms. The van der Waals surface area contributed by atoms with E-state index in [1.54, 1.807) is 0 Å². The van der Waals surface area contributed by atoms with Gasteiger partial charge in [-0.1, -0.05) is 13.0 Å². The molecule has 18 heavy (non-hydrogen) atoms. The summed E-state index contributed by atoms with van der Waals surface area (Å²) in [5.74, 6) is -1.52. The van der Waals surface area contributed by atoms with Crippen molar-refractivity contribution in [2.45, 2.75) is 45.4 Å². The summed E-state index contributed by atoms with van der Waals surface area (Å²) in [5.41, 5.74) is 0. The molecule has 1 fully saturated rings. The summed E-state index contributed by atoms with van der Waals surface area (Å²) in [6, 6.07) is -0.912. The third-order valence-corrected chi connectivity index (χ3v) is 3.56. The lowest BCUT2D eigenvalue weighted by molar-refractivity contribution is -0.142. The molecule has 0 bridgehead atoms. The van der Waals surface area contributed by atoms with Crippen LogP contribution in [0.15, 0.2) is 12.7 Å². The van der Waals surface area contributed by atoms with Gasteiger partial charge < -0.3 is 15.2 Å². The van der Waals surface area contributed by atoms with Crippen molar-refractivity contribution in [3.8, 4) is 0 Å². The Morgan fingerprint density at radius 3 is 2.39 bits per heavy atom. The number of hydrogen-bond acceptors (Lipinski definition) is 3. The summed E-state index contributed by atoms with van der Waals surface area (Å²) in [5, 5.41) is 11.5. The standard InChI is InChI=1S/C13H21NO4/c1-5-6-10(13(16)17)14-12(15)11-7(2)8(3)18-9(11)4/h5,7-11H,1,6H2,2-4H3,(H,14,15)(H,16,17). The highest BCUT2D eigenvalue weighted by atomic mass is 16.5. The van der Waals surface area contributed by atoms with Gasteiger partial charge in [0.1, 0.15) is 6.04 Å². The Kier molecular flexibility index (Phi) is 4.90. The molecule has 1 aliphatic heterocycles. The van der Waals surface area contributed by atoms with Crippen LogP contribution in [0.4, 0.5) is 0 Å². The molecule has 0 aromatic heterocycles. The molecule has 1 saturated heterocycles. The van der Waals surface area contributed by atoms with E-state index in [-0.39, 0.29) is 36.4 Å². The minimum absolute atomic E-state index is 0.0124. The monoisotopic (exact) mass is 255 g/mol. The second-order valence-electron chi connectivity index (χ2n) is 4.86. The second-order valence-corrected chi connectivity index (χ2v) is 4.86. The van der Waals surface area contributed by atoms with Crippen LogP contribution in [-0.2, 0) is 14.3 Å². The molecule has 0 aromatic rings. The Hall–Kier alpha value is -1.36.